The molecule has 2 amide bonds. The Kier molecular flexibility index (Phi) is 6.94. The van der Waals surface area contributed by atoms with Crippen LogP contribution < -0.4 is 10.6 Å². The molecule has 5 aromatic rings. The molecule has 0 saturated carbocycles. The van der Waals surface area contributed by atoms with Crippen molar-refractivity contribution in [1.29, 1.82) is 0 Å². The molecule has 0 spiro atoms. The van der Waals surface area contributed by atoms with Crippen molar-refractivity contribution in [2.75, 3.05) is 11.9 Å². The van der Waals surface area contributed by atoms with E-state index in [9.17, 15) is 9.59 Å². The van der Waals surface area contributed by atoms with Crippen LogP contribution in [0.2, 0.25) is 0 Å². The molecule has 0 aliphatic carbocycles. The van der Waals surface area contributed by atoms with Crippen LogP contribution in [0.5, 0.6) is 0 Å². The SMILES string of the molecule is O=C(C=Cc1cn(-c2ccccc2)nc1-c1ccccc1)NCC(=O)Nc1ccc(-n2cncn2)cc1. The topological polar surface area (TPSA) is 107 Å². The van der Waals surface area contributed by atoms with Gasteiger partial charge in [-0.05, 0) is 42.5 Å². The van der Waals surface area contributed by atoms with E-state index in [4.69, 9.17) is 5.10 Å². The first-order valence-electron chi connectivity index (χ1n) is 11.6. The van der Waals surface area contributed by atoms with Gasteiger partial charge in [-0.25, -0.2) is 14.3 Å². The summed E-state index contributed by atoms with van der Waals surface area (Å²) in [5.41, 5.74) is 4.81. The maximum Gasteiger partial charge on any atom is 0.244 e. The number of benzene rings is 3. The zero-order valence-electron chi connectivity index (χ0n) is 19.7. The fourth-order valence-corrected chi connectivity index (χ4v) is 3.68. The number of carbonyl (C=O) groups is 2. The number of rotatable bonds is 8. The third kappa shape index (κ3) is 5.85. The first-order valence-corrected chi connectivity index (χ1v) is 11.6. The number of anilines is 1. The van der Waals surface area contributed by atoms with E-state index < -0.39 is 0 Å². The summed E-state index contributed by atoms with van der Waals surface area (Å²) < 4.78 is 3.40. The van der Waals surface area contributed by atoms with Gasteiger partial charge in [-0.2, -0.15) is 10.2 Å². The normalized spacial score (nSPS) is 10.9. The molecular formula is C28H23N7O2. The molecule has 0 bridgehead atoms. The zero-order valence-corrected chi connectivity index (χ0v) is 19.7. The van der Waals surface area contributed by atoms with Gasteiger partial charge in [-0.1, -0.05) is 48.5 Å². The maximum atomic E-state index is 12.5. The van der Waals surface area contributed by atoms with Crippen molar-refractivity contribution in [3.63, 3.8) is 0 Å². The molecule has 2 aromatic heterocycles. The van der Waals surface area contributed by atoms with Gasteiger partial charge in [0.15, 0.2) is 0 Å². The Bertz CT molecular complexity index is 1510. The molecule has 0 fully saturated rings. The van der Waals surface area contributed by atoms with Crippen molar-refractivity contribution in [3.05, 3.63) is 115 Å². The Morgan fingerprint density at radius 2 is 1.54 bits per heavy atom. The van der Waals surface area contributed by atoms with Gasteiger partial charge in [-0.3, -0.25) is 9.59 Å². The molecule has 0 radical (unpaired) electrons. The van der Waals surface area contributed by atoms with Crippen LogP contribution in [0.15, 0.2) is 110 Å². The average molecular weight is 490 g/mol. The van der Waals surface area contributed by atoms with Crippen molar-refractivity contribution < 1.29 is 9.59 Å². The van der Waals surface area contributed by atoms with Gasteiger partial charge in [0.2, 0.25) is 11.8 Å². The summed E-state index contributed by atoms with van der Waals surface area (Å²) in [7, 11) is 0. The predicted octanol–water partition coefficient (Wildman–Crippen LogP) is 3.89. The highest BCUT2D eigenvalue weighted by molar-refractivity contribution is 5.98. The number of nitrogens with zero attached hydrogens (tertiary/aromatic N) is 5. The minimum absolute atomic E-state index is 0.164. The van der Waals surface area contributed by atoms with E-state index in [0.717, 1.165) is 28.2 Å². The molecule has 3 aromatic carbocycles. The van der Waals surface area contributed by atoms with Crippen LogP contribution in [-0.2, 0) is 9.59 Å². The van der Waals surface area contributed by atoms with E-state index >= 15 is 0 Å². The van der Waals surface area contributed by atoms with E-state index in [1.807, 2.05) is 79.0 Å². The van der Waals surface area contributed by atoms with Crippen molar-refractivity contribution in [1.82, 2.24) is 29.9 Å². The Morgan fingerprint density at radius 1 is 0.838 bits per heavy atom. The monoisotopic (exact) mass is 489 g/mol. The van der Waals surface area contributed by atoms with E-state index in [2.05, 4.69) is 20.7 Å². The lowest BCUT2D eigenvalue weighted by Crippen LogP contribution is -2.31. The predicted molar refractivity (Wildman–Crippen MR) is 141 cm³/mol. The van der Waals surface area contributed by atoms with Crippen molar-refractivity contribution >= 4 is 23.6 Å². The summed E-state index contributed by atoms with van der Waals surface area (Å²) >= 11 is 0. The highest BCUT2D eigenvalue weighted by Gasteiger charge is 2.11. The van der Waals surface area contributed by atoms with Crippen LogP contribution in [0, 0.1) is 0 Å². The molecule has 0 atom stereocenters. The van der Waals surface area contributed by atoms with Crippen molar-refractivity contribution in [2.24, 2.45) is 0 Å². The number of hydrogen-bond donors (Lipinski definition) is 2. The number of nitrogens with one attached hydrogen (secondary N) is 2. The maximum absolute atomic E-state index is 12.5. The van der Waals surface area contributed by atoms with E-state index in [-0.39, 0.29) is 18.4 Å². The van der Waals surface area contributed by atoms with Crippen LogP contribution in [-0.4, -0.2) is 42.9 Å². The second kappa shape index (κ2) is 11.0. The summed E-state index contributed by atoms with van der Waals surface area (Å²) in [6.45, 7) is -0.164. The molecule has 5 rings (SSSR count). The fraction of sp³-hybridized carbons (Fsp3) is 0.0357. The highest BCUT2D eigenvalue weighted by Crippen LogP contribution is 2.24. The molecule has 0 aliphatic rings. The van der Waals surface area contributed by atoms with Crippen molar-refractivity contribution in [2.45, 2.75) is 0 Å². The molecule has 182 valence electrons. The van der Waals surface area contributed by atoms with Gasteiger partial charge in [0.1, 0.15) is 12.7 Å². The molecule has 9 heteroatoms. The summed E-state index contributed by atoms with van der Waals surface area (Å²) in [5, 5.41) is 14.2. The number of amides is 2. The van der Waals surface area contributed by atoms with E-state index in [1.165, 1.54) is 12.4 Å². The molecule has 37 heavy (non-hydrogen) atoms. The lowest BCUT2D eigenvalue weighted by atomic mass is 10.1. The summed E-state index contributed by atoms with van der Waals surface area (Å²) in [4.78, 5) is 28.7. The average Bonchev–Trinajstić information content (AvgIpc) is 3.63. The fourth-order valence-electron chi connectivity index (χ4n) is 3.68. The summed E-state index contributed by atoms with van der Waals surface area (Å²) in [6.07, 6.45) is 8.01. The van der Waals surface area contributed by atoms with Gasteiger partial charge in [-0.15, -0.1) is 0 Å². The largest absolute Gasteiger partial charge is 0.343 e. The van der Waals surface area contributed by atoms with Crippen molar-refractivity contribution in [3.8, 4) is 22.6 Å². The van der Waals surface area contributed by atoms with Gasteiger partial charge in [0, 0.05) is 29.1 Å². The summed E-state index contributed by atoms with van der Waals surface area (Å²) in [6, 6.07) is 26.7. The minimum atomic E-state index is -0.386. The van der Waals surface area contributed by atoms with Gasteiger partial charge in [0.05, 0.1) is 23.6 Å². The number of aromatic nitrogens is 5. The Morgan fingerprint density at radius 3 is 2.24 bits per heavy atom. The van der Waals surface area contributed by atoms with Crippen LogP contribution in [0.25, 0.3) is 28.7 Å². The third-order valence-corrected chi connectivity index (χ3v) is 5.48. The highest BCUT2D eigenvalue weighted by atomic mass is 16.2. The van der Waals surface area contributed by atoms with Crippen LogP contribution >= 0.6 is 0 Å². The van der Waals surface area contributed by atoms with Crippen LogP contribution in [0.4, 0.5) is 5.69 Å². The first-order chi connectivity index (χ1) is 18.2. The number of hydrogen-bond acceptors (Lipinski definition) is 5. The summed E-state index contributed by atoms with van der Waals surface area (Å²) in [5.74, 6) is -0.722. The smallest absolute Gasteiger partial charge is 0.244 e. The molecule has 0 saturated heterocycles. The van der Waals surface area contributed by atoms with E-state index in [1.54, 1.807) is 33.9 Å². The van der Waals surface area contributed by atoms with Crippen LogP contribution in [0.3, 0.4) is 0 Å². The molecule has 9 nitrogen and oxygen atoms in total. The minimum Gasteiger partial charge on any atom is -0.343 e. The number of para-hydroxylation sites is 1. The zero-order chi connectivity index (χ0) is 25.5. The second-order valence-electron chi connectivity index (χ2n) is 8.07. The Hall–Kier alpha value is -5.31. The lowest BCUT2D eigenvalue weighted by Gasteiger charge is -2.07. The van der Waals surface area contributed by atoms with Gasteiger partial charge in [0.25, 0.3) is 0 Å². The quantitative estimate of drug-likeness (QED) is 0.322. The molecule has 0 aliphatic heterocycles. The lowest BCUT2D eigenvalue weighted by molar-refractivity contribution is -0.121. The Balaban J connectivity index is 1.22. The molecular weight excluding hydrogens is 466 g/mol. The molecule has 2 heterocycles. The molecule has 0 unspecified atom stereocenters. The third-order valence-electron chi connectivity index (χ3n) is 5.48. The van der Waals surface area contributed by atoms with Gasteiger partial charge < -0.3 is 10.6 Å². The second-order valence-corrected chi connectivity index (χ2v) is 8.07. The standard InChI is InChI=1S/C28H23N7O2/c36-26(30-17-27(37)32-23-12-14-25(15-13-23)35-20-29-19-31-35)16-11-22-18-34(24-9-5-2-6-10-24)33-28(22)21-7-3-1-4-8-21/h1-16,18-20H,17H2,(H,30,36)(H,32,37). The number of carbonyl (C=O) groups excluding carboxylic acids is 2. The van der Waals surface area contributed by atoms with E-state index in [0.29, 0.717) is 5.69 Å². The molecule has 2 N–H and O–H groups in total. The van der Waals surface area contributed by atoms with Crippen LogP contribution in [0.1, 0.15) is 5.56 Å². The Labute approximate surface area is 213 Å². The van der Waals surface area contributed by atoms with Gasteiger partial charge >= 0.3 is 0 Å². The first kappa shape index (κ1) is 23.4.